The van der Waals surface area contributed by atoms with Crippen LogP contribution in [0, 0.1) is 0 Å². The molecule has 0 saturated carbocycles. The summed E-state index contributed by atoms with van der Waals surface area (Å²) < 4.78 is 26.5. The Kier molecular flexibility index (Phi) is 5.40. The van der Waals surface area contributed by atoms with E-state index in [9.17, 15) is 8.42 Å². The van der Waals surface area contributed by atoms with E-state index in [1.165, 1.54) is 19.3 Å². The second-order valence-corrected chi connectivity index (χ2v) is 8.42. The molecule has 2 aliphatic rings. The quantitative estimate of drug-likeness (QED) is 0.663. The number of rotatable bonds is 4. The molecule has 0 amide bonds. The Morgan fingerprint density at radius 3 is 2.17 bits per heavy atom. The van der Waals surface area contributed by atoms with Crippen molar-refractivity contribution >= 4 is 16.0 Å². The maximum Gasteiger partial charge on any atom is 0.243 e. The second-order valence-electron chi connectivity index (χ2n) is 6.48. The predicted molar refractivity (Wildman–Crippen MR) is 95.2 cm³/mol. The number of likely N-dealkylation sites (tertiary alicyclic amines) is 1. The van der Waals surface area contributed by atoms with Crippen molar-refractivity contribution in [1.82, 2.24) is 9.21 Å². The summed E-state index contributed by atoms with van der Waals surface area (Å²) in [6.07, 6.45) is 5.49. The molecule has 0 atom stereocenters. The lowest BCUT2D eigenvalue weighted by Crippen LogP contribution is -2.40. The van der Waals surface area contributed by atoms with Crippen molar-refractivity contribution in [3.63, 3.8) is 0 Å². The van der Waals surface area contributed by atoms with Gasteiger partial charge in [0.25, 0.3) is 0 Å². The Morgan fingerprint density at radius 1 is 0.958 bits per heavy atom. The highest BCUT2D eigenvalue weighted by Crippen LogP contribution is 2.21. The van der Waals surface area contributed by atoms with Gasteiger partial charge in [0.1, 0.15) is 0 Å². The predicted octanol–water partition coefficient (Wildman–Crippen LogP) is 1.77. The van der Waals surface area contributed by atoms with E-state index in [0.717, 1.165) is 31.5 Å². The molecule has 2 heterocycles. The molecule has 1 aromatic rings. The lowest BCUT2D eigenvalue weighted by molar-refractivity contribution is 0.338. The van der Waals surface area contributed by atoms with Crippen LogP contribution in [-0.2, 0) is 16.6 Å². The van der Waals surface area contributed by atoms with Crippen molar-refractivity contribution in [2.24, 2.45) is 10.7 Å². The summed E-state index contributed by atoms with van der Waals surface area (Å²) in [7, 11) is -3.34. The van der Waals surface area contributed by atoms with Crippen LogP contribution in [0.2, 0.25) is 0 Å². The number of hydrogen-bond donors (Lipinski definition) is 1. The van der Waals surface area contributed by atoms with Gasteiger partial charge in [-0.15, -0.1) is 0 Å². The Balaban J connectivity index is 1.64. The largest absolute Gasteiger partial charge is 0.370 e. The minimum Gasteiger partial charge on any atom is -0.370 e. The van der Waals surface area contributed by atoms with E-state index in [1.807, 2.05) is 12.1 Å². The van der Waals surface area contributed by atoms with Gasteiger partial charge in [-0.25, -0.2) is 13.4 Å². The van der Waals surface area contributed by atoms with Crippen molar-refractivity contribution in [2.75, 3.05) is 26.2 Å². The van der Waals surface area contributed by atoms with Crippen molar-refractivity contribution in [2.45, 2.75) is 43.5 Å². The molecule has 2 N–H and O–H groups in total. The van der Waals surface area contributed by atoms with Gasteiger partial charge in [-0.3, -0.25) is 0 Å². The van der Waals surface area contributed by atoms with Crippen LogP contribution in [0.25, 0.3) is 0 Å². The van der Waals surface area contributed by atoms with E-state index >= 15 is 0 Å². The minimum absolute atomic E-state index is 0.362. The Morgan fingerprint density at radius 2 is 1.54 bits per heavy atom. The number of sulfonamides is 1. The molecule has 2 aliphatic heterocycles. The summed E-state index contributed by atoms with van der Waals surface area (Å²) in [4.78, 5) is 6.93. The third kappa shape index (κ3) is 3.89. The lowest BCUT2D eigenvalue weighted by Gasteiger charge is -2.27. The lowest BCUT2D eigenvalue weighted by atomic mass is 10.1. The highest BCUT2D eigenvalue weighted by molar-refractivity contribution is 7.89. The van der Waals surface area contributed by atoms with Crippen LogP contribution in [0.4, 0.5) is 0 Å². The van der Waals surface area contributed by atoms with Crippen LogP contribution >= 0.6 is 0 Å². The SMILES string of the molecule is NC(=NCc1ccc(S(=O)(=O)N2CCCC2)cc1)N1CCCCC1. The summed E-state index contributed by atoms with van der Waals surface area (Å²) in [5, 5.41) is 0. The van der Waals surface area contributed by atoms with Crippen molar-refractivity contribution in [1.29, 1.82) is 0 Å². The van der Waals surface area contributed by atoms with E-state index < -0.39 is 10.0 Å². The highest BCUT2D eigenvalue weighted by atomic mass is 32.2. The zero-order valence-corrected chi connectivity index (χ0v) is 14.8. The summed E-state index contributed by atoms with van der Waals surface area (Å²) in [6.45, 7) is 3.68. The highest BCUT2D eigenvalue weighted by Gasteiger charge is 2.26. The maximum absolute atomic E-state index is 12.5. The van der Waals surface area contributed by atoms with Gasteiger partial charge in [0.05, 0.1) is 11.4 Å². The average Bonchev–Trinajstić information content (AvgIpc) is 3.16. The molecule has 24 heavy (non-hydrogen) atoms. The average molecular weight is 350 g/mol. The first kappa shape index (κ1) is 17.2. The Hall–Kier alpha value is -1.60. The van der Waals surface area contributed by atoms with Gasteiger partial charge in [-0.05, 0) is 49.8 Å². The van der Waals surface area contributed by atoms with Crippen LogP contribution in [0.5, 0.6) is 0 Å². The molecule has 2 fully saturated rings. The van der Waals surface area contributed by atoms with Gasteiger partial charge in [0.15, 0.2) is 5.96 Å². The monoisotopic (exact) mass is 350 g/mol. The molecule has 0 radical (unpaired) electrons. The number of guanidine groups is 1. The summed E-state index contributed by atoms with van der Waals surface area (Å²) >= 11 is 0. The van der Waals surface area contributed by atoms with Crippen LogP contribution in [-0.4, -0.2) is 49.8 Å². The second kappa shape index (κ2) is 7.53. The molecule has 0 aliphatic carbocycles. The van der Waals surface area contributed by atoms with E-state index in [2.05, 4.69) is 9.89 Å². The molecule has 0 spiro atoms. The Bertz CT molecular complexity index is 673. The van der Waals surface area contributed by atoms with Crippen LogP contribution in [0.1, 0.15) is 37.7 Å². The first-order valence-electron chi connectivity index (χ1n) is 8.71. The van der Waals surface area contributed by atoms with Gasteiger partial charge in [-0.1, -0.05) is 12.1 Å². The molecule has 2 saturated heterocycles. The van der Waals surface area contributed by atoms with E-state index in [4.69, 9.17) is 5.73 Å². The topological polar surface area (TPSA) is 79.0 Å². The molecule has 0 bridgehead atoms. The summed E-state index contributed by atoms with van der Waals surface area (Å²) in [6, 6.07) is 7.01. The van der Waals surface area contributed by atoms with Crippen LogP contribution in [0.3, 0.4) is 0 Å². The fourth-order valence-corrected chi connectivity index (χ4v) is 4.76. The van der Waals surface area contributed by atoms with Gasteiger partial charge in [0.2, 0.25) is 10.0 Å². The van der Waals surface area contributed by atoms with E-state index in [0.29, 0.717) is 30.5 Å². The van der Waals surface area contributed by atoms with Gasteiger partial charge >= 0.3 is 0 Å². The van der Waals surface area contributed by atoms with Gasteiger partial charge in [0, 0.05) is 26.2 Å². The third-order valence-corrected chi connectivity index (χ3v) is 6.64. The number of piperidine rings is 1. The first-order chi connectivity index (χ1) is 11.6. The van der Waals surface area contributed by atoms with Crippen LogP contribution in [0.15, 0.2) is 34.2 Å². The molecular formula is C17H26N4O2S. The molecular weight excluding hydrogens is 324 g/mol. The zero-order valence-electron chi connectivity index (χ0n) is 14.0. The number of nitrogens with zero attached hydrogens (tertiary/aromatic N) is 3. The number of hydrogen-bond acceptors (Lipinski definition) is 3. The molecule has 7 heteroatoms. The molecule has 1 aromatic carbocycles. The molecule has 132 valence electrons. The summed E-state index contributed by atoms with van der Waals surface area (Å²) in [5.41, 5.74) is 7.02. The Labute approximate surface area is 144 Å². The smallest absolute Gasteiger partial charge is 0.243 e. The molecule has 0 unspecified atom stereocenters. The minimum atomic E-state index is -3.34. The zero-order chi connectivity index (χ0) is 17.0. The fraction of sp³-hybridized carbons (Fsp3) is 0.588. The van der Waals surface area contributed by atoms with Crippen molar-refractivity contribution < 1.29 is 8.42 Å². The number of nitrogens with two attached hydrogens (primary N) is 1. The van der Waals surface area contributed by atoms with Crippen molar-refractivity contribution in [3.05, 3.63) is 29.8 Å². The molecule has 6 nitrogen and oxygen atoms in total. The fourth-order valence-electron chi connectivity index (χ4n) is 3.24. The number of benzene rings is 1. The van der Waals surface area contributed by atoms with E-state index in [1.54, 1.807) is 16.4 Å². The third-order valence-electron chi connectivity index (χ3n) is 4.73. The maximum atomic E-state index is 12.5. The van der Waals surface area contributed by atoms with Gasteiger partial charge in [-0.2, -0.15) is 4.31 Å². The standard InChI is InChI=1S/C17H26N4O2S/c18-17(20-10-2-1-3-11-20)19-14-15-6-8-16(9-7-15)24(22,23)21-12-4-5-13-21/h6-9H,1-5,10-14H2,(H2,18,19). The van der Waals surface area contributed by atoms with Gasteiger partial charge < -0.3 is 10.6 Å². The summed E-state index contributed by atoms with van der Waals surface area (Å²) in [5.74, 6) is 0.587. The normalized spacial score (nSPS) is 20.5. The molecule has 0 aromatic heterocycles. The van der Waals surface area contributed by atoms with E-state index in [-0.39, 0.29) is 0 Å². The first-order valence-corrected chi connectivity index (χ1v) is 10.2. The van der Waals surface area contributed by atoms with Crippen molar-refractivity contribution in [3.8, 4) is 0 Å². The number of aliphatic imine (C=N–C) groups is 1. The van der Waals surface area contributed by atoms with Crippen LogP contribution < -0.4 is 5.73 Å². The molecule has 3 rings (SSSR count).